The normalized spacial score (nSPS) is 17.3. The van der Waals surface area contributed by atoms with Gasteiger partial charge in [-0.1, -0.05) is 41.9 Å². The van der Waals surface area contributed by atoms with Gasteiger partial charge in [0.05, 0.1) is 10.6 Å². The number of carbonyl (C=O) groups excluding carboxylic acids is 2. The number of aromatic amines is 1. The Bertz CT molecular complexity index is 1070. The number of nitrogens with one attached hydrogen (secondary N) is 2. The van der Waals surface area contributed by atoms with Gasteiger partial charge in [0.15, 0.2) is 0 Å². The van der Waals surface area contributed by atoms with E-state index in [4.69, 9.17) is 11.6 Å². The van der Waals surface area contributed by atoms with Gasteiger partial charge in [-0.15, -0.1) is 0 Å². The molecule has 1 aliphatic rings. The Kier molecular flexibility index (Phi) is 7.43. The number of fused-ring (bicyclic) bond motifs is 1. The Hall–Kier alpha value is -2.44. The first-order valence-electron chi connectivity index (χ1n) is 11.0. The smallest absolute Gasteiger partial charge is 0.253 e. The highest BCUT2D eigenvalue weighted by Crippen LogP contribution is 2.29. The molecule has 168 valence electrons. The quantitative estimate of drug-likeness (QED) is 0.507. The maximum absolute atomic E-state index is 13.5. The van der Waals surface area contributed by atoms with Crippen LogP contribution in [0.5, 0.6) is 0 Å². The second-order valence-corrected chi connectivity index (χ2v) is 9.62. The van der Waals surface area contributed by atoms with Crippen LogP contribution in [0.3, 0.4) is 0 Å². The molecular weight excluding hydrogens is 442 g/mol. The van der Waals surface area contributed by atoms with Crippen molar-refractivity contribution < 1.29 is 9.59 Å². The zero-order valence-electron chi connectivity index (χ0n) is 18.1. The molecular formula is C25H28ClN3O2S. The number of para-hydroxylation sites is 1. The third-order valence-electron chi connectivity index (χ3n) is 6.06. The van der Waals surface area contributed by atoms with Crippen LogP contribution in [0.15, 0.2) is 54.6 Å². The molecule has 0 aliphatic carbocycles. The summed E-state index contributed by atoms with van der Waals surface area (Å²) in [7, 11) is 0. The average molecular weight is 470 g/mol. The largest absolute Gasteiger partial charge is 0.358 e. The molecule has 0 saturated carbocycles. The molecule has 5 nitrogen and oxygen atoms in total. The standard InChI is InChI=1S/C25H28ClN3O2S/c1-32-14-12-22(28-24(30)19-9-3-4-10-20(19)26)25(31)29-13-6-8-18(16-29)23-15-17-7-2-5-11-21(17)27-23/h2-5,7,9-11,15,18,22,27H,6,8,12-14,16H2,1H3,(H,28,30)/t18-,22-/m1/s1. The van der Waals surface area contributed by atoms with Crippen molar-refractivity contribution >= 4 is 46.1 Å². The van der Waals surface area contributed by atoms with Gasteiger partial charge in [-0.25, -0.2) is 0 Å². The molecule has 2 N–H and O–H groups in total. The second kappa shape index (κ2) is 10.5. The summed E-state index contributed by atoms with van der Waals surface area (Å²) < 4.78 is 0. The van der Waals surface area contributed by atoms with Crippen molar-refractivity contribution in [3.63, 3.8) is 0 Å². The number of H-pyrrole nitrogens is 1. The lowest BCUT2D eigenvalue weighted by molar-refractivity contribution is -0.134. The van der Waals surface area contributed by atoms with Crippen LogP contribution in [0.4, 0.5) is 0 Å². The Balaban J connectivity index is 1.48. The molecule has 1 aromatic heterocycles. The van der Waals surface area contributed by atoms with Gasteiger partial charge in [-0.3, -0.25) is 9.59 Å². The van der Waals surface area contributed by atoms with Crippen molar-refractivity contribution in [1.82, 2.24) is 15.2 Å². The van der Waals surface area contributed by atoms with Gasteiger partial charge in [0, 0.05) is 30.2 Å². The summed E-state index contributed by atoms with van der Waals surface area (Å²) in [6, 6.07) is 16.8. The van der Waals surface area contributed by atoms with Crippen LogP contribution in [-0.2, 0) is 4.79 Å². The number of nitrogens with zero attached hydrogens (tertiary/aromatic N) is 1. The Morgan fingerprint density at radius 2 is 2.00 bits per heavy atom. The summed E-state index contributed by atoms with van der Waals surface area (Å²) >= 11 is 7.86. The summed E-state index contributed by atoms with van der Waals surface area (Å²) in [5.41, 5.74) is 2.69. The van der Waals surface area contributed by atoms with Crippen LogP contribution in [0.1, 0.15) is 41.2 Å². The lowest BCUT2D eigenvalue weighted by Crippen LogP contribution is -2.51. The van der Waals surface area contributed by atoms with Crippen molar-refractivity contribution in [3.05, 3.63) is 70.9 Å². The number of piperidine rings is 1. The second-order valence-electron chi connectivity index (χ2n) is 8.22. The van der Waals surface area contributed by atoms with Gasteiger partial charge in [0.2, 0.25) is 5.91 Å². The molecule has 7 heteroatoms. The number of likely N-dealkylation sites (tertiary alicyclic amines) is 1. The van der Waals surface area contributed by atoms with Gasteiger partial charge in [0.25, 0.3) is 5.91 Å². The number of rotatable bonds is 7. The van der Waals surface area contributed by atoms with Crippen LogP contribution in [0.2, 0.25) is 5.02 Å². The van der Waals surface area contributed by atoms with Crippen LogP contribution in [0, 0.1) is 0 Å². The lowest BCUT2D eigenvalue weighted by atomic mass is 9.94. The van der Waals surface area contributed by atoms with E-state index in [0.29, 0.717) is 30.1 Å². The van der Waals surface area contributed by atoms with E-state index in [9.17, 15) is 9.59 Å². The minimum Gasteiger partial charge on any atom is -0.358 e. The highest BCUT2D eigenvalue weighted by Gasteiger charge is 2.31. The Labute approximate surface area is 197 Å². The summed E-state index contributed by atoms with van der Waals surface area (Å²) in [6.07, 6.45) is 4.57. The van der Waals surface area contributed by atoms with Crippen molar-refractivity contribution in [2.45, 2.75) is 31.2 Å². The number of carbonyl (C=O) groups is 2. The Morgan fingerprint density at radius 3 is 2.78 bits per heavy atom. The predicted molar refractivity (Wildman–Crippen MR) is 133 cm³/mol. The van der Waals surface area contributed by atoms with Gasteiger partial charge in [-0.2, -0.15) is 11.8 Å². The molecule has 2 aromatic carbocycles. The molecule has 2 atom stereocenters. The minimum absolute atomic E-state index is 0.0136. The summed E-state index contributed by atoms with van der Waals surface area (Å²) in [4.78, 5) is 31.7. The van der Waals surface area contributed by atoms with E-state index in [0.717, 1.165) is 24.1 Å². The number of aromatic nitrogens is 1. The number of hydrogen-bond acceptors (Lipinski definition) is 3. The highest BCUT2D eigenvalue weighted by atomic mass is 35.5. The Morgan fingerprint density at radius 1 is 1.22 bits per heavy atom. The van der Waals surface area contributed by atoms with Crippen LogP contribution >= 0.6 is 23.4 Å². The first kappa shape index (κ1) is 22.7. The van der Waals surface area contributed by atoms with E-state index in [1.807, 2.05) is 23.3 Å². The lowest BCUT2D eigenvalue weighted by Gasteiger charge is -2.35. The van der Waals surface area contributed by atoms with Crippen molar-refractivity contribution in [2.75, 3.05) is 25.1 Å². The maximum atomic E-state index is 13.5. The monoisotopic (exact) mass is 469 g/mol. The molecule has 1 fully saturated rings. The molecule has 0 spiro atoms. The van der Waals surface area contributed by atoms with Gasteiger partial charge in [-0.05, 0) is 60.9 Å². The van der Waals surface area contributed by atoms with Gasteiger partial charge >= 0.3 is 0 Å². The molecule has 1 saturated heterocycles. The molecule has 1 aliphatic heterocycles. The maximum Gasteiger partial charge on any atom is 0.253 e. The van der Waals surface area contributed by atoms with Gasteiger partial charge < -0.3 is 15.2 Å². The molecule has 3 aromatic rings. The molecule has 0 bridgehead atoms. The van der Waals surface area contributed by atoms with Crippen molar-refractivity contribution in [2.24, 2.45) is 0 Å². The minimum atomic E-state index is -0.562. The van der Waals surface area contributed by atoms with E-state index in [1.165, 1.54) is 11.1 Å². The first-order valence-corrected chi connectivity index (χ1v) is 12.7. The van der Waals surface area contributed by atoms with E-state index in [2.05, 4.69) is 28.5 Å². The zero-order valence-corrected chi connectivity index (χ0v) is 19.7. The molecule has 0 radical (unpaired) electrons. The summed E-state index contributed by atoms with van der Waals surface area (Å²) in [5.74, 6) is 0.735. The van der Waals surface area contributed by atoms with E-state index in [1.54, 1.807) is 36.0 Å². The average Bonchev–Trinajstić information content (AvgIpc) is 3.26. The van der Waals surface area contributed by atoms with E-state index >= 15 is 0 Å². The first-order chi connectivity index (χ1) is 15.6. The van der Waals surface area contributed by atoms with E-state index < -0.39 is 6.04 Å². The molecule has 0 unspecified atom stereocenters. The summed E-state index contributed by atoms with van der Waals surface area (Å²) in [6.45, 7) is 1.37. The van der Waals surface area contributed by atoms with Crippen LogP contribution in [-0.4, -0.2) is 52.8 Å². The highest BCUT2D eigenvalue weighted by molar-refractivity contribution is 7.98. The van der Waals surface area contributed by atoms with Gasteiger partial charge in [0.1, 0.15) is 6.04 Å². The predicted octanol–water partition coefficient (Wildman–Crippen LogP) is 5.08. The number of hydrogen-bond donors (Lipinski definition) is 2. The molecule has 2 amide bonds. The fourth-order valence-electron chi connectivity index (χ4n) is 4.34. The SMILES string of the molecule is CSCC[C@@H](NC(=O)c1ccccc1Cl)C(=O)N1CCC[C@@H](c2cc3ccccc3[nH]2)C1. The third-order valence-corrected chi connectivity index (χ3v) is 7.03. The number of thioether (sulfide) groups is 1. The van der Waals surface area contributed by atoms with Crippen LogP contribution in [0.25, 0.3) is 10.9 Å². The number of benzene rings is 2. The fourth-order valence-corrected chi connectivity index (χ4v) is 5.03. The number of amides is 2. The van der Waals surface area contributed by atoms with Crippen molar-refractivity contribution in [3.8, 4) is 0 Å². The third kappa shape index (κ3) is 5.13. The topological polar surface area (TPSA) is 65.2 Å². The number of halogens is 1. The van der Waals surface area contributed by atoms with Crippen molar-refractivity contribution in [1.29, 1.82) is 0 Å². The zero-order chi connectivity index (χ0) is 22.5. The molecule has 32 heavy (non-hydrogen) atoms. The van der Waals surface area contributed by atoms with Crippen LogP contribution < -0.4 is 5.32 Å². The van der Waals surface area contributed by atoms with E-state index in [-0.39, 0.29) is 17.7 Å². The summed E-state index contributed by atoms with van der Waals surface area (Å²) in [5, 5.41) is 4.52. The molecule has 4 rings (SSSR count). The fraction of sp³-hybridized carbons (Fsp3) is 0.360. The molecule has 2 heterocycles.